The molecule has 0 bridgehead atoms. The van der Waals surface area contributed by atoms with Gasteiger partial charge in [0.15, 0.2) is 17.1 Å². The van der Waals surface area contributed by atoms with E-state index >= 15 is 0 Å². The van der Waals surface area contributed by atoms with Crippen molar-refractivity contribution in [3.8, 4) is 11.5 Å². The predicted molar refractivity (Wildman–Crippen MR) is 101 cm³/mol. The van der Waals surface area contributed by atoms with Gasteiger partial charge in [-0.15, -0.1) is 0 Å². The minimum atomic E-state index is -1.26. The molecule has 30 heavy (non-hydrogen) atoms. The Kier molecular flexibility index (Phi) is 5.03. The van der Waals surface area contributed by atoms with Crippen LogP contribution in [0, 0.1) is 5.82 Å². The van der Waals surface area contributed by atoms with Crippen LogP contribution in [0.3, 0.4) is 0 Å². The number of esters is 1. The van der Waals surface area contributed by atoms with Gasteiger partial charge in [-0.05, 0) is 23.8 Å². The second-order valence-electron chi connectivity index (χ2n) is 6.95. The van der Waals surface area contributed by atoms with Crippen molar-refractivity contribution in [1.82, 2.24) is 10.2 Å². The number of hydrogen-bond acceptors (Lipinski definition) is 6. The molecule has 9 heteroatoms. The molecule has 1 atom stereocenters. The number of nitrogens with zero attached hydrogens (tertiary/aromatic N) is 1. The highest BCUT2D eigenvalue weighted by Crippen LogP contribution is 2.40. The van der Waals surface area contributed by atoms with Crippen LogP contribution in [0.1, 0.15) is 17.5 Å². The van der Waals surface area contributed by atoms with Crippen molar-refractivity contribution < 1.29 is 33.0 Å². The summed E-state index contributed by atoms with van der Waals surface area (Å²) in [5, 5.41) is 2.71. The largest absolute Gasteiger partial charge is 0.494 e. The third-order valence-electron chi connectivity index (χ3n) is 5.16. The van der Waals surface area contributed by atoms with Crippen LogP contribution in [0.25, 0.3) is 0 Å². The number of rotatable bonds is 5. The van der Waals surface area contributed by atoms with Crippen LogP contribution < -0.4 is 14.8 Å². The smallest absolute Gasteiger partial charge is 0.326 e. The van der Waals surface area contributed by atoms with Gasteiger partial charge in [0.2, 0.25) is 0 Å². The zero-order valence-corrected chi connectivity index (χ0v) is 16.1. The van der Waals surface area contributed by atoms with Crippen molar-refractivity contribution in [2.24, 2.45) is 0 Å². The number of halogens is 1. The zero-order chi connectivity index (χ0) is 21.3. The van der Waals surface area contributed by atoms with E-state index in [9.17, 15) is 18.8 Å². The van der Waals surface area contributed by atoms with Crippen molar-refractivity contribution in [3.63, 3.8) is 0 Å². The Morgan fingerprint density at radius 1 is 1.27 bits per heavy atom. The summed E-state index contributed by atoms with van der Waals surface area (Å²) in [6.07, 6.45) is 0.255. The minimum Gasteiger partial charge on any atom is -0.494 e. The number of amides is 3. The van der Waals surface area contributed by atoms with Gasteiger partial charge < -0.3 is 19.5 Å². The van der Waals surface area contributed by atoms with Crippen LogP contribution in [-0.4, -0.2) is 43.1 Å². The summed E-state index contributed by atoms with van der Waals surface area (Å²) in [6, 6.07) is 10.4. The fourth-order valence-electron chi connectivity index (χ4n) is 3.65. The van der Waals surface area contributed by atoms with Crippen LogP contribution >= 0.6 is 0 Å². The van der Waals surface area contributed by atoms with E-state index in [-0.39, 0.29) is 25.4 Å². The minimum absolute atomic E-state index is 0.0754. The number of carbonyl (C=O) groups excluding carboxylic acids is 3. The molecule has 2 aromatic carbocycles. The third kappa shape index (κ3) is 3.32. The van der Waals surface area contributed by atoms with E-state index in [4.69, 9.17) is 14.2 Å². The fraction of sp³-hybridized carbons (Fsp3) is 0.286. The number of urea groups is 1. The van der Waals surface area contributed by atoms with Gasteiger partial charge in [-0.25, -0.2) is 9.18 Å². The maximum absolute atomic E-state index is 13.7. The number of hydrogen-bond donors (Lipinski definition) is 1. The van der Waals surface area contributed by atoms with E-state index in [2.05, 4.69) is 5.32 Å². The molecule has 1 saturated heterocycles. The number of fused-ring (bicyclic) bond motifs is 2. The summed E-state index contributed by atoms with van der Waals surface area (Å²) in [5.41, 5.74) is -0.293. The van der Waals surface area contributed by atoms with Crippen molar-refractivity contribution in [2.45, 2.75) is 18.6 Å². The van der Waals surface area contributed by atoms with Crippen molar-refractivity contribution in [3.05, 3.63) is 59.4 Å². The lowest BCUT2D eigenvalue weighted by molar-refractivity contribution is -0.149. The van der Waals surface area contributed by atoms with Crippen molar-refractivity contribution in [1.29, 1.82) is 0 Å². The van der Waals surface area contributed by atoms with E-state index in [0.29, 0.717) is 16.9 Å². The third-order valence-corrected chi connectivity index (χ3v) is 5.16. The molecule has 2 aromatic rings. The van der Waals surface area contributed by atoms with Gasteiger partial charge in [0.25, 0.3) is 5.91 Å². The first-order valence-electron chi connectivity index (χ1n) is 9.29. The molecule has 1 N–H and O–H groups in total. The van der Waals surface area contributed by atoms with E-state index < -0.39 is 35.8 Å². The molecule has 4 rings (SSSR count). The highest BCUT2D eigenvalue weighted by Gasteiger charge is 2.55. The average molecular weight is 414 g/mol. The van der Waals surface area contributed by atoms with Crippen LogP contribution in [0.4, 0.5) is 9.18 Å². The SMILES string of the molecule is COc1ccc(COC(=O)CN2C(=O)N[C@@]3(CCOc4ccccc43)C2=O)cc1F. The molecule has 3 amide bonds. The number of carbonyl (C=O) groups is 3. The summed E-state index contributed by atoms with van der Waals surface area (Å²) in [4.78, 5) is 38.7. The second-order valence-corrected chi connectivity index (χ2v) is 6.95. The molecule has 156 valence electrons. The molecule has 1 fully saturated rings. The molecule has 0 unspecified atom stereocenters. The Morgan fingerprint density at radius 2 is 2.07 bits per heavy atom. The zero-order valence-electron chi connectivity index (χ0n) is 16.1. The van der Waals surface area contributed by atoms with Crippen LogP contribution in [-0.2, 0) is 26.5 Å². The summed E-state index contributed by atoms with van der Waals surface area (Å²) in [6.45, 7) is -0.496. The van der Waals surface area contributed by atoms with Gasteiger partial charge in [-0.1, -0.05) is 24.3 Å². The Morgan fingerprint density at radius 3 is 2.83 bits per heavy atom. The van der Waals surface area contributed by atoms with Crippen LogP contribution in [0.5, 0.6) is 11.5 Å². The lowest BCUT2D eigenvalue weighted by Gasteiger charge is -2.33. The van der Waals surface area contributed by atoms with Gasteiger partial charge in [0, 0.05) is 12.0 Å². The van der Waals surface area contributed by atoms with Crippen LogP contribution in [0.2, 0.25) is 0 Å². The molecule has 0 saturated carbocycles. The highest BCUT2D eigenvalue weighted by atomic mass is 19.1. The average Bonchev–Trinajstić information content (AvgIpc) is 2.97. The van der Waals surface area contributed by atoms with Gasteiger partial charge in [-0.2, -0.15) is 0 Å². The maximum Gasteiger partial charge on any atom is 0.326 e. The number of benzene rings is 2. The first-order chi connectivity index (χ1) is 14.4. The van der Waals surface area contributed by atoms with E-state index in [1.165, 1.54) is 19.2 Å². The lowest BCUT2D eigenvalue weighted by Crippen LogP contribution is -2.47. The van der Waals surface area contributed by atoms with Gasteiger partial charge >= 0.3 is 12.0 Å². The standard InChI is InChI=1S/C21H19FN2O6/c1-28-17-7-6-13(10-15(17)22)12-30-18(25)11-24-19(26)21(23-20(24)27)8-9-29-16-5-3-2-4-14(16)21/h2-7,10H,8-9,11-12H2,1H3,(H,23,27)/t21-/m1/s1. The van der Waals surface area contributed by atoms with Gasteiger partial charge in [-0.3, -0.25) is 14.5 Å². The first kappa shape index (κ1) is 19.7. The van der Waals surface area contributed by atoms with Gasteiger partial charge in [0.1, 0.15) is 18.9 Å². The number of ether oxygens (including phenoxy) is 3. The number of imide groups is 1. The number of methoxy groups -OCH3 is 1. The molecule has 0 aromatic heterocycles. The molecule has 2 aliphatic heterocycles. The van der Waals surface area contributed by atoms with E-state index in [1.54, 1.807) is 30.3 Å². The van der Waals surface area contributed by atoms with E-state index in [1.807, 2.05) is 0 Å². The molecular formula is C21H19FN2O6. The predicted octanol–water partition coefficient (Wildman–Crippen LogP) is 2.11. The number of nitrogens with one attached hydrogen (secondary N) is 1. The first-order valence-corrected chi connectivity index (χ1v) is 9.29. The lowest BCUT2D eigenvalue weighted by atomic mass is 9.84. The van der Waals surface area contributed by atoms with Gasteiger partial charge in [0.05, 0.1) is 13.7 Å². The van der Waals surface area contributed by atoms with Crippen molar-refractivity contribution >= 4 is 17.9 Å². The molecule has 2 heterocycles. The molecule has 2 aliphatic rings. The fourth-order valence-corrected chi connectivity index (χ4v) is 3.65. The molecular weight excluding hydrogens is 395 g/mol. The topological polar surface area (TPSA) is 94.2 Å². The molecule has 8 nitrogen and oxygen atoms in total. The summed E-state index contributed by atoms with van der Waals surface area (Å²) < 4.78 is 29.3. The normalized spacial score (nSPS) is 19.9. The second kappa shape index (κ2) is 7.66. The van der Waals surface area contributed by atoms with E-state index in [0.717, 1.165) is 4.90 Å². The van der Waals surface area contributed by atoms with Crippen LogP contribution in [0.15, 0.2) is 42.5 Å². The highest BCUT2D eigenvalue weighted by molar-refractivity contribution is 6.09. The molecule has 0 aliphatic carbocycles. The summed E-state index contributed by atoms with van der Waals surface area (Å²) in [7, 11) is 1.35. The summed E-state index contributed by atoms with van der Waals surface area (Å²) >= 11 is 0. The Labute approximate surface area is 171 Å². The monoisotopic (exact) mass is 414 g/mol. The Hall–Kier alpha value is -3.62. The Balaban J connectivity index is 1.44. The molecule has 0 radical (unpaired) electrons. The Bertz CT molecular complexity index is 1030. The maximum atomic E-state index is 13.7. The summed E-state index contributed by atoms with van der Waals surface area (Å²) in [5.74, 6) is -1.31. The van der Waals surface area contributed by atoms with Crippen molar-refractivity contribution in [2.75, 3.05) is 20.3 Å². The quantitative estimate of drug-likeness (QED) is 0.595. The molecule has 1 spiro atoms. The number of para-hydroxylation sites is 1.